The molecule has 0 radical (unpaired) electrons. The van der Waals surface area contributed by atoms with Crippen LogP contribution in [0.2, 0.25) is 0 Å². The highest BCUT2D eigenvalue weighted by Crippen LogP contribution is 2.17. The molecule has 4 nitrogen and oxygen atoms in total. The van der Waals surface area contributed by atoms with Crippen molar-refractivity contribution in [2.75, 3.05) is 6.54 Å². The highest BCUT2D eigenvalue weighted by Gasteiger charge is 2.14. The fraction of sp³-hybridized carbons (Fsp3) is 0.357. The summed E-state index contributed by atoms with van der Waals surface area (Å²) in [4.78, 5) is 4.04. The van der Waals surface area contributed by atoms with Crippen LogP contribution in [-0.4, -0.2) is 16.6 Å². The summed E-state index contributed by atoms with van der Waals surface area (Å²) in [6.07, 6.45) is 1.26. The number of nitrogens with one attached hydrogen (secondary N) is 1. The van der Waals surface area contributed by atoms with Crippen LogP contribution in [0, 0.1) is 11.6 Å². The summed E-state index contributed by atoms with van der Waals surface area (Å²) in [5.74, 6) is 0.0538. The molecule has 0 aliphatic rings. The predicted octanol–water partition coefficient (Wildman–Crippen LogP) is 2.34. The number of oxazole rings is 1. The van der Waals surface area contributed by atoms with Gasteiger partial charge in [0.25, 0.3) is 0 Å². The Morgan fingerprint density at radius 1 is 1.40 bits per heavy atom. The minimum atomic E-state index is -1.13. The lowest BCUT2D eigenvalue weighted by molar-refractivity contribution is 0.168. The van der Waals surface area contributed by atoms with Gasteiger partial charge in [-0.25, -0.2) is 13.8 Å². The van der Waals surface area contributed by atoms with E-state index in [4.69, 9.17) is 4.42 Å². The Bertz CT molecular complexity index is 572. The van der Waals surface area contributed by atoms with Crippen molar-refractivity contribution < 1.29 is 18.3 Å². The van der Waals surface area contributed by atoms with Crippen molar-refractivity contribution in [1.29, 1.82) is 0 Å². The van der Waals surface area contributed by atoms with Crippen LogP contribution in [0.25, 0.3) is 0 Å². The van der Waals surface area contributed by atoms with Gasteiger partial charge in [-0.1, -0.05) is 6.92 Å². The van der Waals surface area contributed by atoms with Gasteiger partial charge in [0, 0.05) is 18.5 Å². The van der Waals surface area contributed by atoms with E-state index in [9.17, 15) is 13.9 Å². The van der Waals surface area contributed by atoms with E-state index >= 15 is 0 Å². The lowest BCUT2D eigenvalue weighted by Crippen LogP contribution is -2.22. The molecule has 0 saturated carbocycles. The number of hydrogen-bond donors (Lipinski definition) is 2. The molecule has 1 unspecified atom stereocenters. The van der Waals surface area contributed by atoms with E-state index in [2.05, 4.69) is 10.3 Å². The minimum Gasteiger partial charge on any atom is -0.444 e. The number of rotatable bonds is 6. The zero-order valence-electron chi connectivity index (χ0n) is 11.1. The maximum atomic E-state index is 13.4. The molecule has 1 atom stereocenters. The molecule has 0 aliphatic carbocycles. The van der Waals surface area contributed by atoms with Crippen LogP contribution in [0.1, 0.15) is 30.2 Å². The number of nitrogens with zero attached hydrogens (tertiary/aromatic N) is 1. The summed E-state index contributed by atoms with van der Waals surface area (Å²) in [5, 5.41) is 12.7. The Balaban J connectivity index is 1.88. The first kappa shape index (κ1) is 14.6. The molecule has 0 spiro atoms. The van der Waals surface area contributed by atoms with Crippen LogP contribution in [0.3, 0.4) is 0 Å². The first-order chi connectivity index (χ1) is 9.60. The molecule has 2 aromatic rings. The van der Waals surface area contributed by atoms with Gasteiger partial charge in [0.1, 0.15) is 17.4 Å². The largest absolute Gasteiger partial charge is 0.444 e. The average molecular weight is 282 g/mol. The SMILES string of the molecule is CCc1cnc(CNCC(O)c2cc(F)ccc2F)o1. The van der Waals surface area contributed by atoms with Crippen molar-refractivity contribution in [3.8, 4) is 0 Å². The number of aliphatic hydroxyl groups excluding tert-OH is 1. The van der Waals surface area contributed by atoms with Crippen molar-refractivity contribution >= 4 is 0 Å². The van der Waals surface area contributed by atoms with Gasteiger partial charge in [-0.3, -0.25) is 0 Å². The van der Waals surface area contributed by atoms with Gasteiger partial charge < -0.3 is 14.8 Å². The number of aliphatic hydroxyl groups is 1. The molecular weight excluding hydrogens is 266 g/mol. The molecule has 0 amide bonds. The number of aryl methyl sites for hydroxylation is 1. The Hall–Kier alpha value is -1.79. The first-order valence-corrected chi connectivity index (χ1v) is 6.37. The summed E-state index contributed by atoms with van der Waals surface area (Å²) in [7, 11) is 0. The van der Waals surface area contributed by atoms with Gasteiger partial charge in [0.15, 0.2) is 0 Å². The second-order valence-electron chi connectivity index (χ2n) is 4.39. The van der Waals surface area contributed by atoms with E-state index < -0.39 is 17.7 Å². The van der Waals surface area contributed by atoms with Crippen LogP contribution < -0.4 is 5.32 Å². The fourth-order valence-electron chi connectivity index (χ4n) is 1.79. The Labute approximate surface area is 115 Å². The zero-order valence-corrected chi connectivity index (χ0v) is 11.1. The Morgan fingerprint density at radius 3 is 2.90 bits per heavy atom. The quantitative estimate of drug-likeness (QED) is 0.854. The number of aromatic nitrogens is 1. The van der Waals surface area contributed by atoms with Crippen LogP contribution in [0.5, 0.6) is 0 Å². The van der Waals surface area contributed by atoms with Gasteiger partial charge >= 0.3 is 0 Å². The van der Waals surface area contributed by atoms with Crippen molar-refractivity contribution in [2.24, 2.45) is 0 Å². The van der Waals surface area contributed by atoms with E-state index in [1.807, 2.05) is 6.92 Å². The Morgan fingerprint density at radius 2 is 2.20 bits per heavy atom. The normalized spacial score (nSPS) is 12.6. The van der Waals surface area contributed by atoms with Gasteiger partial charge in [-0.15, -0.1) is 0 Å². The summed E-state index contributed by atoms with van der Waals surface area (Å²) in [5.41, 5.74) is -0.0702. The molecule has 2 rings (SSSR count). The average Bonchev–Trinajstić information content (AvgIpc) is 2.89. The molecule has 0 aliphatic heterocycles. The van der Waals surface area contributed by atoms with Crippen LogP contribution in [0.4, 0.5) is 8.78 Å². The first-order valence-electron chi connectivity index (χ1n) is 6.37. The molecule has 6 heteroatoms. The summed E-state index contributed by atoms with van der Waals surface area (Å²) in [6, 6.07) is 3.00. The Kier molecular flexibility index (Phi) is 4.81. The molecule has 0 bridgehead atoms. The molecule has 1 aromatic carbocycles. The highest BCUT2D eigenvalue weighted by molar-refractivity contribution is 5.21. The molecule has 0 fully saturated rings. The summed E-state index contributed by atoms with van der Waals surface area (Å²) >= 11 is 0. The molecule has 1 aromatic heterocycles. The molecule has 20 heavy (non-hydrogen) atoms. The fourth-order valence-corrected chi connectivity index (χ4v) is 1.79. The molecule has 1 heterocycles. The van der Waals surface area contributed by atoms with E-state index in [1.165, 1.54) is 0 Å². The minimum absolute atomic E-state index is 0.0702. The number of hydrogen-bond acceptors (Lipinski definition) is 4. The standard InChI is InChI=1S/C14H16F2N2O2/c1-2-10-6-18-14(20-10)8-17-7-13(19)11-5-9(15)3-4-12(11)16/h3-6,13,17,19H,2,7-8H2,1H3. The molecule has 0 saturated heterocycles. The monoisotopic (exact) mass is 282 g/mol. The van der Waals surface area contributed by atoms with Crippen molar-refractivity contribution in [3.63, 3.8) is 0 Å². The molecule has 2 N–H and O–H groups in total. The number of benzene rings is 1. The van der Waals surface area contributed by atoms with Crippen LogP contribution in [0.15, 0.2) is 28.8 Å². The van der Waals surface area contributed by atoms with Crippen molar-refractivity contribution in [2.45, 2.75) is 26.0 Å². The lowest BCUT2D eigenvalue weighted by atomic mass is 10.1. The van der Waals surface area contributed by atoms with E-state index in [0.29, 0.717) is 12.4 Å². The lowest BCUT2D eigenvalue weighted by Gasteiger charge is -2.12. The van der Waals surface area contributed by atoms with Crippen LogP contribution in [-0.2, 0) is 13.0 Å². The maximum absolute atomic E-state index is 13.4. The van der Waals surface area contributed by atoms with Gasteiger partial charge in [0.05, 0.1) is 18.8 Å². The summed E-state index contributed by atoms with van der Waals surface area (Å²) in [6.45, 7) is 2.34. The second-order valence-corrected chi connectivity index (χ2v) is 4.39. The third kappa shape index (κ3) is 3.61. The smallest absolute Gasteiger partial charge is 0.208 e. The van der Waals surface area contributed by atoms with E-state index in [0.717, 1.165) is 30.4 Å². The third-order valence-electron chi connectivity index (χ3n) is 2.88. The zero-order chi connectivity index (χ0) is 14.5. The predicted molar refractivity (Wildman–Crippen MR) is 68.9 cm³/mol. The maximum Gasteiger partial charge on any atom is 0.208 e. The second kappa shape index (κ2) is 6.58. The topological polar surface area (TPSA) is 58.3 Å². The molecule has 108 valence electrons. The highest BCUT2D eigenvalue weighted by atomic mass is 19.1. The van der Waals surface area contributed by atoms with E-state index in [-0.39, 0.29) is 12.1 Å². The third-order valence-corrected chi connectivity index (χ3v) is 2.88. The van der Waals surface area contributed by atoms with Crippen molar-refractivity contribution in [1.82, 2.24) is 10.3 Å². The number of halogens is 2. The van der Waals surface area contributed by atoms with Gasteiger partial charge in [0.2, 0.25) is 5.89 Å². The van der Waals surface area contributed by atoms with Crippen molar-refractivity contribution in [3.05, 3.63) is 53.2 Å². The van der Waals surface area contributed by atoms with E-state index in [1.54, 1.807) is 6.20 Å². The van der Waals surface area contributed by atoms with Crippen LogP contribution >= 0.6 is 0 Å². The van der Waals surface area contributed by atoms with Gasteiger partial charge in [-0.2, -0.15) is 0 Å². The van der Waals surface area contributed by atoms with Gasteiger partial charge in [-0.05, 0) is 18.2 Å². The molecular formula is C14H16F2N2O2. The summed E-state index contributed by atoms with van der Waals surface area (Å²) < 4.78 is 31.8.